The van der Waals surface area contributed by atoms with E-state index in [-0.39, 0.29) is 23.4 Å². The highest BCUT2D eigenvalue weighted by molar-refractivity contribution is 5.99. The fourth-order valence-electron chi connectivity index (χ4n) is 3.05. The number of anilines is 1. The monoisotopic (exact) mass is 326 g/mol. The molecule has 2 aromatic carbocycles. The molecule has 0 fully saturated rings. The molecule has 1 aliphatic heterocycles. The first-order chi connectivity index (χ1) is 11.5. The van der Waals surface area contributed by atoms with Gasteiger partial charge in [-0.25, -0.2) is 0 Å². The molecule has 1 amide bonds. The number of hydrogen-bond donors (Lipinski definition) is 0. The molecule has 2 atom stereocenters. The Bertz CT molecular complexity index is 790. The van der Waals surface area contributed by atoms with Crippen molar-refractivity contribution in [1.82, 2.24) is 0 Å². The average Bonchev–Trinajstić information content (AvgIpc) is 2.90. The number of ether oxygens (including phenoxy) is 1. The third-order valence-corrected chi connectivity index (χ3v) is 4.16. The van der Waals surface area contributed by atoms with Gasteiger partial charge in [-0.3, -0.25) is 14.9 Å². The highest BCUT2D eigenvalue weighted by Crippen LogP contribution is 2.33. The Morgan fingerprint density at radius 1 is 1.25 bits per heavy atom. The summed E-state index contributed by atoms with van der Waals surface area (Å²) in [5, 5.41) is 11.1. The molecule has 0 spiro atoms. The maximum Gasteiger partial charge on any atom is 0.310 e. The molecule has 0 radical (unpaired) electrons. The van der Waals surface area contributed by atoms with Gasteiger partial charge in [-0.1, -0.05) is 30.3 Å². The summed E-state index contributed by atoms with van der Waals surface area (Å²) in [5.41, 5.74) is 1.86. The third kappa shape index (κ3) is 2.82. The number of nitro groups is 1. The molecule has 0 aromatic heterocycles. The molecule has 1 aliphatic rings. The largest absolute Gasteiger partial charge is 0.474 e. The number of nitro benzene ring substituents is 1. The normalized spacial score (nSPS) is 17.2. The summed E-state index contributed by atoms with van der Waals surface area (Å²) in [5.74, 6) is -0.103. The summed E-state index contributed by atoms with van der Waals surface area (Å²) in [7, 11) is 0. The van der Waals surface area contributed by atoms with Crippen LogP contribution in [0, 0.1) is 10.1 Å². The van der Waals surface area contributed by atoms with E-state index in [1.54, 1.807) is 24.0 Å². The Labute approximate surface area is 139 Å². The van der Waals surface area contributed by atoms with E-state index in [0.29, 0.717) is 0 Å². The van der Waals surface area contributed by atoms with Gasteiger partial charge >= 0.3 is 5.69 Å². The summed E-state index contributed by atoms with van der Waals surface area (Å²) in [6.07, 6.45) is -0.0279. The summed E-state index contributed by atoms with van der Waals surface area (Å²) in [4.78, 5) is 25.1. The van der Waals surface area contributed by atoms with E-state index in [4.69, 9.17) is 4.74 Å². The van der Waals surface area contributed by atoms with Crippen LogP contribution in [-0.2, 0) is 11.2 Å². The van der Waals surface area contributed by atoms with Gasteiger partial charge in [-0.15, -0.1) is 0 Å². The van der Waals surface area contributed by atoms with Crippen LogP contribution in [0.25, 0.3) is 0 Å². The molecule has 0 saturated heterocycles. The summed E-state index contributed by atoms with van der Waals surface area (Å²) in [6, 6.07) is 13.9. The highest BCUT2D eigenvalue weighted by atomic mass is 16.6. The molecule has 6 heteroatoms. The topological polar surface area (TPSA) is 72.7 Å². The lowest BCUT2D eigenvalue weighted by Crippen LogP contribution is -2.43. The molecule has 1 heterocycles. The lowest BCUT2D eigenvalue weighted by molar-refractivity contribution is -0.386. The molecule has 0 bridgehead atoms. The second-order valence-electron chi connectivity index (χ2n) is 5.88. The van der Waals surface area contributed by atoms with Crippen LogP contribution in [0.15, 0.2) is 48.5 Å². The Morgan fingerprint density at radius 2 is 1.92 bits per heavy atom. The molecule has 24 heavy (non-hydrogen) atoms. The van der Waals surface area contributed by atoms with Crippen LogP contribution < -0.4 is 9.64 Å². The smallest absolute Gasteiger partial charge is 0.310 e. The zero-order valence-corrected chi connectivity index (χ0v) is 13.5. The van der Waals surface area contributed by atoms with E-state index in [9.17, 15) is 14.9 Å². The van der Waals surface area contributed by atoms with Gasteiger partial charge in [-0.2, -0.15) is 0 Å². The van der Waals surface area contributed by atoms with Crippen molar-refractivity contribution in [3.8, 4) is 5.75 Å². The van der Waals surface area contributed by atoms with Crippen molar-refractivity contribution in [2.45, 2.75) is 32.4 Å². The van der Waals surface area contributed by atoms with Gasteiger partial charge in [0.25, 0.3) is 5.91 Å². The number of benzene rings is 2. The molecule has 3 rings (SSSR count). The molecular weight excluding hydrogens is 308 g/mol. The van der Waals surface area contributed by atoms with E-state index in [2.05, 4.69) is 0 Å². The van der Waals surface area contributed by atoms with Crippen LogP contribution in [0.2, 0.25) is 0 Å². The number of carbonyl (C=O) groups excluding carboxylic acids is 1. The van der Waals surface area contributed by atoms with E-state index < -0.39 is 11.0 Å². The second-order valence-corrected chi connectivity index (χ2v) is 5.88. The van der Waals surface area contributed by atoms with E-state index in [1.807, 2.05) is 31.2 Å². The Balaban J connectivity index is 1.83. The zero-order valence-electron chi connectivity index (χ0n) is 13.5. The second kappa shape index (κ2) is 6.31. The van der Waals surface area contributed by atoms with Crippen LogP contribution in [-0.4, -0.2) is 23.0 Å². The van der Waals surface area contributed by atoms with Gasteiger partial charge < -0.3 is 9.64 Å². The number of fused-ring (bicyclic) bond motifs is 1. The zero-order chi connectivity index (χ0) is 17.3. The Kier molecular flexibility index (Phi) is 4.20. The van der Waals surface area contributed by atoms with Crippen molar-refractivity contribution >= 4 is 17.3 Å². The van der Waals surface area contributed by atoms with E-state index in [0.717, 1.165) is 17.7 Å². The summed E-state index contributed by atoms with van der Waals surface area (Å²) < 4.78 is 5.61. The van der Waals surface area contributed by atoms with Crippen molar-refractivity contribution in [3.05, 3.63) is 64.2 Å². The van der Waals surface area contributed by atoms with Gasteiger partial charge in [0.05, 0.1) is 4.92 Å². The predicted octanol–water partition coefficient (Wildman–Crippen LogP) is 3.34. The van der Waals surface area contributed by atoms with Crippen LogP contribution in [0.3, 0.4) is 0 Å². The van der Waals surface area contributed by atoms with E-state index >= 15 is 0 Å². The molecule has 0 aliphatic carbocycles. The number of para-hydroxylation sites is 3. The molecule has 2 aromatic rings. The average molecular weight is 326 g/mol. The van der Waals surface area contributed by atoms with Crippen molar-refractivity contribution in [3.63, 3.8) is 0 Å². The Morgan fingerprint density at radius 3 is 2.67 bits per heavy atom. The number of nitrogens with zero attached hydrogens (tertiary/aromatic N) is 2. The highest BCUT2D eigenvalue weighted by Gasteiger charge is 2.34. The van der Waals surface area contributed by atoms with Gasteiger partial charge in [-0.05, 0) is 38.0 Å². The van der Waals surface area contributed by atoms with Crippen LogP contribution in [0.4, 0.5) is 11.4 Å². The SMILES string of the molecule is C[C@H](Oc1ccccc1[N+](=O)[O-])C(=O)N1c2ccccc2C[C@@H]1C. The minimum atomic E-state index is -0.820. The van der Waals surface area contributed by atoms with Gasteiger partial charge in [0.2, 0.25) is 0 Å². The van der Waals surface area contributed by atoms with E-state index in [1.165, 1.54) is 12.1 Å². The van der Waals surface area contributed by atoms with Crippen LogP contribution in [0.1, 0.15) is 19.4 Å². The lowest BCUT2D eigenvalue weighted by Gasteiger charge is -2.26. The molecule has 6 nitrogen and oxygen atoms in total. The van der Waals surface area contributed by atoms with Crippen molar-refractivity contribution < 1.29 is 14.5 Å². The van der Waals surface area contributed by atoms with Gasteiger partial charge in [0.15, 0.2) is 11.9 Å². The third-order valence-electron chi connectivity index (χ3n) is 4.16. The minimum Gasteiger partial charge on any atom is -0.474 e. The van der Waals surface area contributed by atoms with Crippen LogP contribution >= 0.6 is 0 Å². The maximum absolute atomic E-state index is 12.8. The molecule has 0 unspecified atom stereocenters. The lowest BCUT2D eigenvalue weighted by atomic mass is 10.1. The standard InChI is InChI=1S/C18H18N2O4/c1-12-11-14-7-3-4-8-15(14)19(12)18(21)13(2)24-17-10-6-5-9-16(17)20(22)23/h3-10,12-13H,11H2,1-2H3/t12-,13-/m0/s1. The van der Waals surface area contributed by atoms with Crippen molar-refractivity contribution in [1.29, 1.82) is 0 Å². The summed E-state index contributed by atoms with van der Waals surface area (Å²) >= 11 is 0. The maximum atomic E-state index is 12.8. The first-order valence-electron chi connectivity index (χ1n) is 7.80. The number of rotatable bonds is 4. The molecule has 124 valence electrons. The predicted molar refractivity (Wildman–Crippen MR) is 90.3 cm³/mol. The minimum absolute atomic E-state index is 0.0340. The van der Waals surface area contributed by atoms with Crippen molar-refractivity contribution in [2.24, 2.45) is 0 Å². The fraction of sp³-hybridized carbons (Fsp3) is 0.278. The first kappa shape index (κ1) is 16.0. The number of amides is 1. The van der Waals surface area contributed by atoms with Crippen molar-refractivity contribution in [2.75, 3.05) is 4.90 Å². The first-order valence-corrected chi connectivity index (χ1v) is 7.80. The molecular formula is C18H18N2O4. The van der Waals surface area contributed by atoms with Gasteiger partial charge in [0.1, 0.15) is 0 Å². The number of carbonyl (C=O) groups is 1. The quantitative estimate of drug-likeness (QED) is 0.638. The molecule has 0 N–H and O–H groups in total. The summed E-state index contributed by atoms with van der Waals surface area (Å²) in [6.45, 7) is 3.60. The fourth-order valence-corrected chi connectivity index (χ4v) is 3.05. The van der Waals surface area contributed by atoms with Gasteiger partial charge in [0, 0.05) is 17.8 Å². The number of hydrogen-bond acceptors (Lipinski definition) is 4. The van der Waals surface area contributed by atoms with Crippen LogP contribution in [0.5, 0.6) is 5.75 Å². The molecule has 0 saturated carbocycles. The Hall–Kier alpha value is -2.89.